The Morgan fingerprint density at radius 3 is 2.67 bits per heavy atom. The molecule has 0 saturated carbocycles. The maximum Gasteiger partial charge on any atom is 0.183 e. The fourth-order valence-corrected chi connectivity index (χ4v) is 3.74. The predicted octanol–water partition coefficient (Wildman–Crippen LogP) is 3.58. The van der Waals surface area contributed by atoms with Gasteiger partial charge in [-0.25, -0.2) is 14.5 Å². The molecule has 4 aromatic heterocycles. The molecule has 1 aromatic carbocycles. The highest BCUT2D eigenvalue weighted by molar-refractivity contribution is 6.04. The van der Waals surface area contributed by atoms with Crippen molar-refractivity contribution in [3.05, 3.63) is 84.2 Å². The van der Waals surface area contributed by atoms with Crippen LogP contribution in [0.3, 0.4) is 0 Å². The van der Waals surface area contributed by atoms with E-state index in [1.54, 1.807) is 16.4 Å². The molecular formula is C24H22BN7O. The van der Waals surface area contributed by atoms with E-state index in [1.165, 1.54) is 6.33 Å². The number of fused-ring (bicyclic) bond motifs is 1. The first-order chi connectivity index (χ1) is 16.1. The molecule has 0 atom stereocenters. The first kappa shape index (κ1) is 20.9. The molecule has 2 radical (unpaired) electrons. The first-order valence-corrected chi connectivity index (χ1v) is 10.5. The van der Waals surface area contributed by atoms with Gasteiger partial charge in [0, 0.05) is 30.5 Å². The van der Waals surface area contributed by atoms with E-state index in [1.807, 2.05) is 67.7 Å². The molecule has 4 heterocycles. The fraction of sp³-hybridized carbons (Fsp3) is 0.167. The molecule has 0 spiro atoms. The lowest BCUT2D eigenvalue weighted by molar-refractivity contribution is 0.412. The lowest BCUT2D eigenvalue weighted by atomic mass is 10.1. The summed E-state index contributed by atoms with van der Waals surface area (Å²) in [4.78, 5) is 19.0. The van der Waals surface area contributed by atoms with Gasteiger partial charge in [-0.1, -0.05) is 18.2 Å². The quantitative estimate of drug-likeness (QED) is 0.394. The molecule has 33 heavy (non-hydrogen) atoms. The summed E-state index contributed by atoms with van der Waals surface area (Å²) in [6.45, 7) is 2.98. The largest absolute Gasteiger partial charge is 0.497 e. The number of benzene rings is 1. The van der Waals surface area contributed by atoms with Gasteiger partial charge >= 0.3 is 0 Å². The summed E-state index contributed by atoms with van der Waals surface area (Å²) in [6.07, 6.45) is 3.45. The fourth-order valence-electron chi connectivity index (χ4n) is 3.74. The molecule has 0 aliphatic carbocycles. The smallest absolute Gasteiger partial charge is 0.183 e. The predicted molar refractivity (Wildman–Crippen MR) is 127 cm³/mol. The highest BCUT2D eigenvalue weighted by Crippen LogP contribution is 2.29. The van der Waals surface area contributed by atoms with Crippen LogP contribution in [0.15, 0.2) is 67.1 Å². The van der Waals surface area contributed by atoms with E-state index in [-0.39, 0.29) is 0 Å². The molecule has 1 N–H and O–H groups in total. The molecule has 9 heteroatoms. The average molecular weight is 435 g/mol. The van der Waals surface area contributed by atoms with Crippen molar-refractivity contribution < 1.29 is 4.74 Å². The van der Waals surface area contributed by atoms with Crippen molar-refractivity contribution >= 4 is 13.6 Å². The Balaban J connectivity index is 1.46. The van der Waals surface area contributed by atoms with E-state index < -0.39 is 0 Å². The Kier molecular flexibility index (Phi) is 5.62. The van der Waals surface area contributed by atoms with Crippen LogP contribution in [-0.4, -0.2) is 49.5 Å². The minimum absolute atomic E-state index is 0.441. The molecular weight excluding hydrogens is 413 g/mol. The molecule has 8 nitrogen and oxygen atoms in total. The van der Waals surface area contributed by atoms with Gasteiger partial charge in [0.1, 0.15) is 17.9 Å². The molecule has 162 valence electrons. The SMILES string of the molecule is [B]N(Cc1ccc(OC)cc1)Cc1nc(-c2ccc3ncnn3c2)c(-c2cccc(C)n2)[nH]1. The van der Waals surface area contributed by atoms with Crippen molar-refractivity contribution in [1.82, 2.24) is 34.4 Å². The third kappa shape index (κ3) is 4.49. The molecule has 0 bridgehead atoms. The molecule has 0 unspecified atom stereocenters. The second kappa shape index (κ2) is 8.87. The number of aromatic nitrogens is 6. The number of aromatic amines is 1. The zero-order valence-electron chi connectivity index (χ0n) is 18.4. The number of ether oxygens (including phenoxy) is 1. The number of hydrogen-bond acceptors (Lipinski definition) is 6. The van der Waals surface area contributed by atoms with Crippen LogP contribution in [0.5, 0.6) is 5.75 Å². The summed E-state index contributed by atoms with van der Waals surface area (Å²) in [7, 11) is 7.99. The first-order valence-electron chi connectivity index (χ1n) is 10.5. The number of methoxy groups -OCH3 is 1. The van der Waals surface area contributed by atoms with Gasteiger partial charge in [-0.05, 0) is 48.9 Å². The van der Waals surface area contributed by atoms with Gasteiger partial charge in [-0.2, -0.15) is 5.10 Å². The van der Waals surface area contributed by atoms with Crippen LogP contribution in [0.4, 0.5) is 0 Å². The molecule has 0 aliphatic heterocycles. The third-order valence-corrected chi connectivity index (χ3v) is 5.34. The van der Waals surface area contributed by atoms with Gasteiger partial charge in [0.2, 0.25) is 0 Å². The van der Waals surface area contributed by atoms with Crippen LogP contribution in [0.25, 0.3) is 28.3 Å². The number of imidazole rings is 1. The molecule has 0 amide bonds. The summed E-state index contributed by atoms with van der Waals surface area (Å²) in [6, 6.07) is 17.7. The summed E-state index contributed by atoms with van der Waals surface area (Å²) in [5.74, 6) is 1.57. The minimum atomic E-state index is 0.441. The Labute approximate surface area is 192 Å². The van der Waals surface area contributed by atoms with E-state index >= 15 is 0 Å². The van der Waals surface area contributed by atoms with Crippen molar-refractivity contribution in [2.24, 2.45) is 0 Å². The molecule has 0 saturated heterocycles. The average Bonchev–Trinajstić information content (AvgIpc) is 3.46. The Bertz CT molecular complexity index is 1390. The minimum Gasteiger partial charge on any atom is -0.497 e. The maximum atomic E-state index is 6.33. The Morgan fingerprint density at radius 1 is 1.03 bits per heavy atom. The van der Waals surface area contributed by atoms with Gasteiger partial charge in [-0.15, -0.1) is 0 Å². The van der Waals surface area contributed by atoms with Crippen LogP contribution in [-0.2, 0) is 13.1 Å². The third-order valence-electron chi connectivity index (χ3n) is 5.34. The number of aryl methyl sites for hydroxylation is 1. The van der Waals surface area contributed by atoms with E-state index in [4.69, 9.17) is 22.7 Å². The van der Waals surface area contributed by atoms with E-state index in [2.05, 4.69) is 15.1 Å². The maximum absolute atomic E-state index is 6.33. The topological polar surface area (TPSA) is 84.2 Å². The number of pyridine rings is 2. The van der Waals surface area contributed by atoms with Gasteiger partial charge in [0.15, 0.2) is 13.6 Å². The van der Waals surface area contributed by atoms with E-state index in [0.717, 1.165) is 51.1 Å². The second-order valence-electron chi connectivity index (χ2n) is 7.80. The van der Waals surface area contributed by atoms with Crippen molar-refractivity contribution in [1.29, 1.82) is 0 Å². The molecule has 5 rings (SSSR count). The van der Waals surface area contributed by atoms with Crippen molar-refractivity contribution in [2.45, 2.75) is 20.0 Å². The summed E-state index contributed by atoms with van der Waals surface area (Å²) < 4.78 is 6.96. The number of rotatable bonds is 7. The zero-order valence-corrected chi connectivity index (χ0v) is 18.4. The van der Waals surface area contributed by atoms with Gasteiger partial charge in [0.05, 0.1) is 24.2 Å². The van der Waals surface area contributed by atoms with Crippen LogP contribution in [0.1, 0.15) is 17.1 Å². The monoisotopic (exact) mass is 435 g/mol. The van der Waals surface area contributed by atoms with Crippen molar-refractivity contribution in [3.8, 4) is 28.4 Å². The molecule has 0 aliphatic rings. The lowest BCUT2D eigenvalue weighted by Crippen LogP contribution is -2.19. The van der Waals surface area contributed by atoms with Crippen LogP contribution < -0.4 is 4.74 Å². The highest BCUT2D eigenvalue weighted by atomic mass is 16.5. The summed E-state index contributed by atoms with van der Waals surface area (Å²) in [5, 5.41) is 4.25. The van der Waals surface area contributed by atoms with Gasteiger partial charge in [-0.3, -0.25) is 4.98 Å². The normalized spacial score (nSPS) is 11.4. The number of nitrogens with one attached hydrogen (secondary N) is 1. The van der Waals surface area contributed by atoms with Gasteiger partial charge in [0.25, 0.3) is 0 Å². The molecule has 5 aromatic rings. The van der Waals surface area contributed by atoms with Crippen LogP contribution >= 0.6 is 0 Å². The van der Waals surface area contributed by atoms with Crippen LogP contribution in [0.2, 0.25) is 0 Å². The standard InChI is InChI=1S/C24H22BN7O/c1-16-4-3-5-20(28-16)24-23(18-8-11-22-26-15-27-32(22)13-18)29-21(30-24)14-31(25)12-17-6-9-19(33-2)10-7-17/h3-11,13,15H,12,14H2,1-2H3,(H,29,30). The second-order valence-corrected chi connectivity index (χ2v) is 7.80. The van der Waals surface area contributed by atoms with E-state index in [0.29, 0.717) is 13.1 Å². The number of hydrogen-bond donors (Lipinski definition) is 1. The van der Waals surface area contributed by atoms with E-state index in [9.17, 15) is 0 Å². The summed E-state index contributed by atoms with van der Waals surface area (Å²) >= 11 is 0. The zero-order chi connectivity index (χ0) is 22.8. The van der Waals surface area contributed by atoms with Crippen molar-refractivity contribution in [2.75, 3.05) is 7.11 Å². The Morgan fingerprint density at radius 2 is 1.88 bits per heavy atom. The number of H-pyrrole nitrogens is 1. The van der Waals surface area contributed by atoms with Crippen molar-refractivity contribution in [3.63, 3.8) is 0 Å². The lowest BCUT2D eigenvalue weighted by Gasteiger charge is -2.16. The van der Waals surface area contributed by atoms with Crippen LogP contribution in [0, 0.1) is 6.92 Å². The Hall–Kier alpha value is -3.98. The highest BCUT2D eigenvalue weighted by Gasteiger charge is 2.17. The number of nitrogens with zero attached hydrogens (tertiary/aromatic N) is 6. The van der Waals surface area contributed by atoms with Gasteiger partial charge < -0.3 is 14.5 Å². The summed E-state index contributed by atoms with van der Waals surface area (Å²) in [5.41, 5.74) is 6.15. The molecule has 0 fully saturated rings.